The summed E-state index contributed by atoms with van der Waals surface area (Å²) in [4.78, 5) is 11.7. The van der Waals surface area contributed by atoms with Gasteiger partial charge in [-0.25, -0.2) is 0 Å². The van der Waals surface area contributed by atoms with Gasteiger partial charge in [0.2, 0.25) is 0 Å². The number of aliphatic carboxylic acids is 1. The molecular formula is C23H33BrO2. The lowest BCUT2D eigenvalue weighted by molar-refractivity contribution is -0.143. The van der Waals surface area contributed by atoms with Gasteiger partial charge in [-0.1, -0.05) is 28.8 Å². The van der Waals surface area contributed by atoms with Crippen molar-refractivity contribution >= 4 is 21.9 Å². The fourth-order valence-corrected chi connectivity index (χ4v) is 11.0. The van der Waals surface area contributed by atoms with E-state index in [1.54, 1.807) is 0 Å². The molecule has 26 heavy (non-hydrogen) atoms. The number of carboxylic acid groups (broad SMARTS) is 1. The van der Waals surface area contributed by atoms with Crippen LogP contribution in [0.15, 0.2) is 0 Å². The van der Waals surface area contributed by atoms with Gasteiger partial charge in [-0.05, 0) is 111 Å². The van der Waals surface area contributed by atoms with Crippen molar-refractivity contribution in [2.45, 2.75) is 87.8 Å². The summed E-state index contributed by atoms with van der Waals surface area (Å²) in [5.41, 5.74) is 1.16. The average molecular weight is 421 g/mol. The van der Waals surface area contributed by atoms with Crippen LogP contribution < -0.4 is 0 Å². The number of fused-ring (bicyclic) bond motifs is 5. The molecule has 3 heteroatoms. The molecule has 2 nitrogen and oxygen atoms in total. The van der Waals surface area contributed by atoms with Gasteiger partial charge in [0.25, 0.3) is 0 Å². The maximum atomic E-state index is 11.7. The molecule has 6 aliphatic rings. The predicted octanol–water partition coefficient (Wildman–Crippen LogP) is 6.03. The highest BCUT2D eigenvalue weighted by Gasteiger charge is 2.68. The molecule has 9 unspecified atom stereocenters. The second-order valence-corrected chi connectivity index (χ2v) is 13.2. The highest BCUT2D eigenvalue weighted by Crippen LogP contribution is 2.77. The third-order valence-corrected chi connectivity index (χ3v) is 11.8. The van der Waals surface area contributed by atoms with Gasteiger partial charge in [0.15, 0.2) is 0 Å². The monoisotopic (exact) mass is 420 g/mol. The summed E-state index contributed by atoms with van der Waals surface area (Å²) in [5.74, 6) is 3.60. The maximum absolute atomic E-state index is 11.7. The third kappa shape index (κ3) is 2.13. The van der Waals surface area contributed by atoms with Gasteiger partial charge in [0.1, 0.15) is 0 Å². The van der Waals surface area contributed by atoms with Gasteiger partial charge in [-0.3, -0.25) is 4.79 Å². The van der Waals surface area contributed by atoms with Crippen molar-refractivity contribution in [3.63, 3.8) is 0 Å². The predicted molar refractivity (Wildman–Crippen MR) is 105 cm³/mol. The molecule has 0 saturated heterocycles. The van der Waals surface area contributed by atoms with Gasteiger partial charge in [-0.2, -0.15) is 0 Å². The Kier molecular flexibility index (Phi) is 3.44. The van der Waals surface area contributed by atoms with Crippen LogP contribution in [0.1, 0.15) is 83.5 Å². The minimum Gasteiger partial charge on any atom is -0.481 e. The summed E-state index contributed by atoms with van der Waals surface area (Å²) in [7, 11) is 0. The van der Waals surface area contributed by atoms with E-state index in [2.05, 4.69) is 15.9 Å². The molecule has 0 aromatic carbocycles. The average Bonchev–Trinajstić information content (AvgIpc) is 2.84. The molecule has 6 bridgehead atoms. The van der Waals surface area contributed by atoms with Gasteiger partial charge in [0, 0.05) is 4.32 Å². The number of carbonyl (C=O) groups is 1. The summed E-state index contributed by atoms with van der Waals surface area (Å²) >= 11 is 4.32. The molecule has 0 spiro atoms. The second-order valence-electron chi connectivity index (χ2n) is 11.6. The van der Waals surface area contributed by atoms with E-state index in [4.69, 9.17) is 0 Å². The first-order valence-corrected chi connectivity index (χ1v) is 12.1. The first-order chi connectivity index (χ1) is 12.4. The molecule has 6 fully saturated rings. The molecule has 1 N–H and O–H groups in total. The molecule has 0 amide bonds. The molecule has 9 atom stereocenters. The van der Waals surface area contributed by atoms with Gasteiger partial charge < -0.3 is 5.11 Å². The Hall–Kier alpha value is -0.0500. The summed E-state index contributed by atoms with van der Waals surface area (Å²) < 4.78 is 0.446. The highest BCUT2D eigenvalue weighted by molar-refractivity contribution is 9.10. The Morgan fingerprint density at radius 1 is 0.885 bits per heavy atom. The van der Waals surface area contributed by atoms with Crippen LogP contribution in [-0.4, -0.2) is 15.4 Å². The first kappa shape index (κ1) is 16.9. The zero-order chi connectivity index (χ0) is 17.7. The van der Waals surface area contributed by atoms with Crippen LogP contribution in [0.2, 0.25) is 0 Å². The molecule has 0 heterocycles. The smallest absolute Gasteiger partial charge is 0.306 e. The van der Waals surface area contributed by atoms with Crippen molar-refractivity contribution in [2.75, 3.05) is 0 Å². The van der Waals surface area contributed by atoms with Crippen LogP contribution in [0.25, 0.3) is 0 Å². The Morgan fingerprint density at radius 3 is 2.46 bits per heavy atom. The summed E-state index contributed by atoms with van der Waals surface area (Å²) in [6, 6.07) is 0. The van der Waals surface area contributed by atoms with E-state index in [1.807, 2.05) is 0 Å². The van der Waals surface area contributed by atoms with Crippen molar-refractivity contribution in [1.29, 1.82) is 0 Å². The van der Waals surface area contributed by atoms with E-state index in [1.165, 1.54) is 70.6 Å². The number of rotatable bonds is 2. The normalized spacial score (nSPS) is 60.0. The van der Waals surface area contributed by atoms with Gasteiger partial charge in [0.05, 0.1) is 5.92 Å². The fraction of sp³-hybridized carbons (Fsp3) is 0.957. The standard InChI is InChI=1S/C23H33BrO2/c24-23-3-1-2-14-6-19(23)12-22(8-14,13-23)21-9-15-4-16(20(25)26)7-18(11-21)17(5-15)10-21/h14-19H,1-13H2,(H,25,26). The Balaban J connectivity index is 1.37. The van der Waals surface area contributed by atoms with Crippen molar-refractivity contribution in [2.24, 2.45) is 46.3 Å². The lowest BCUT2D eigenvalue weighted by Crippen LogP contribution is -2.46. The largest absolute Gasteiger partial charge is 0.481 e. The molecule has 0 aromatic heterocycles. The Labute approximate surface area is 166 Å². The number of hydrogen-bond donors (Lipinski definition) is 1. The van der Waals surface area contributed by atoms with Crippen LogP contribution in [0.5, 0.6) is 0 Å². The van der Waals surface area contributed by atoms with E-state index in [0.717, 1.165) is 30.6 Å². The van der Waals surface area contributed by atoms with Crippen LogP contribution in [-0.2, 0) is 4.79 Å². The van der Waals surface area contributed by atoms with E-state index in [-0.39, 0.29) is 5.92 Å². The van der Waals surface area contributed by atoms with Crippen molar-refractivity contribution in [3.05, 3.63) is 0 Å². The molecule has 6 saturated carbocycles. The SMILES string of the molecule is O=C(O)C1CC2CC3CC(C45CC6CCCC(Br)(C4)C(C6)C5)(C2)CC3C1. The van der Waals surface area contributed by atoms with E-state index in [0.29, 0.717) is 27.0 Å². The van der Waals surface area contributed by atoms with E-state index in [9.17, 15) is 9.90 Å². The topological polar surface area (TPSA) is 37.3 Å². The highest BCUT2D eigenvalue weighted by atomic mass is 79.9. The van der Waals surface area contributed by atoms with Crippen LogP contribution in [0.4, 0.5) is 0 Å². The molecule has 6 aliphatic carbocycles. The zero-order valence-electron chi connectivity index (χ0n) is 15.9. The van der Waals surface area contributed by atoms with Gasteiger partial charge in [-0.15, -0.1) is 0 Å². The fourth-order valence-electron chi connectivity index (χ4n) is 9.84. The van der Waals surface area contributed by atoms with Crippen molar-refractivity contribution in [1.82, 2.24) is 0 Å². The molecule has 6 rings (SSSR count). The van der Waals surface area contributed by atoms with Crippen LogP contribution >= 0.6 is 15.9 Å². The second kappa shape index (κ2) is 5.30. The molecule has 0 aliphatic heterocycles. The lowest BCUT2D eigenvalue weighted by Gasteiger charge is -2.55. The zero-order valence-corrected chi connectivity index (χ0v) is 17.5. The lowest BCUT2D eigenvalue weighted by atomic mass is 9.50. The molecule has 0 aromatic rings. The van der Waals surface area contributed by atoms with Crippen molar-refractivity contribution in [3.8, 4) is 0 Å². The summed E-state index contributed by atoms with van der Waals surface area (Å²) in [5, 5.41) is 9.67. The third-order valence-electron chi connectivity index (χ3n) is 10.5. The van der Waals surface area contributed by atoms with E-state index >= 15 is 0 Å². The summed E-state index contributed by atoms with van der Waals surface area (Å²) in [6.07, 6.45) is 17.7. The minimum absolute atomic E-state index is 0.0480. The Bertz CT molecular complexity index is 640. The number of halogens is 1. The minimum atomic E-state index is -0.513. The number of carboxylic acids is 1. The van der Waals surface area contributed by atoms with Crippen LogP contribution in [0, 0.1) is 46.3 Å². The molecule has 0 radical (unpaired) electrons. The van der Waals surface area contributed by atoms with Crippen LogP contribution in [0.3, 0.4) is 0 Å². The Morgan fingerprint density at radius 2 is 1.65 bits per heavy atom. The summed E-state index contributed by atoms with van der Waals surface area (Å²) in [6.45, 7) is 0. The molecular weight excluding hydrogens is 388 g/mol. The quantitative estimate of drug-likeness (QED) is 0.553. The van der Waals surface area contributed by atoms with Crippen molar-refractivity contribution < 1.29 is 9.90 Å². The number of alkyl halides is 1. The first-order valence-electron chi connectivity index (χ1n) is 11.3. The van der Waals surface area contributed by atoms with E-state index < -0.39 is 5.97 Å². The maximum Gasteiger partial charge on any atom is 0.306 e. The molecule has 144 valence electrons. The van der Waals surface area contributed by atoms with Gasteiger partial charge >= 0.3 is 5.97 Å². The number of hydrogen-bond acceptors (Lipinski definition) is 1.